The molecule has 0 aliphatic carbocycles. The molecule has 6 nitrogen and oxygen atoms in total. The number of rotatable bonds is 6. The van der Waals surface area contributed by atoms with E-state index in [2.05, 4.69) is 24.1 Å². The maximum Gasteiger partial charge on any atom is 0.242 e. The lowest BCUT2D eigenvalue weighted by molar-refractivity contribution is -0.135. The Kier molecular flexibility index (Phi) is 6.95. The lowest BCUT2D eigenvalue weighted by atomic mass is 10.1. The highest BCUT2D eigenvalue weighted by Crippen LogP contribution is 2.15. The van der Waals surface area contributed by atoms with E-state index < -0.39 is 0 Å². The Bertz CT molecular complexity index is 334. The third-order valence-corrected chi connectivity index (χ3v) is 3.51. The summed E-state index contributed by atoms with van der Waals surface area (Å²) in [6.45, 7) is 9.07. The fourth-order valence-corrected chi connectivity index (χ4v) is 2.56. The van der Waals surface area contributed by atoms with Crippen LogP contribution in [-0.4, -0.2) is 72.1 Å². The molecule has 0 unspecified atom stereocenters. The van der Waals surface area contributed by atoms with E-state index in [-0.39, 0.29) is 31.0 Å². The van der Waals surface area contributed by atoms with E-state index in [9.17, 15) is 14.7 Å². The smallest absolute Gasteiger partial charge is 0.242 e. The topological polar surface area (TPSA) is 72.9 Å². The number of nitrogens with one attached hydrogen (secondary N) is 1. The van der Waals surface area contributed by atoms with Gasteiger partial charge >= 0.3 is 0 Å². The van der Waals surface area contributed by atoms with Gasteiger partial charge in [-0.3, -0.25) is 14.5 Å². The number of hydrogen-bond acceptors (Lipinski definition) is 4. The van der Waals surface area contributed by atoms with Crippen molar-refractivity contribution in [2.75, 3.05) is 39.3 Å². The van der Waals surface area contributed by atoms with Gasteiger partial charge in [-0.1, -0.05) is 13.8 Å². The highest BCUT2D eigenvalue weighted by Gasteiger charge is 2.29. The average molecular weight is 285 g/mol. The normalized spacial score (nSPS) is 20.2. The molecular weight excluding hydrogens is 258 g/mol. The highest BCUT2D eigenvalue weighted by atomic mass is 16.3. The van der Waals surface area contributed by atoms with Gasteiger partial charge in [-0.2, -0.15) is 0 Å². The molecule has 1 aliphatic rings. The Morgan fingerprint density at radius 1 is 1.35 bits per heavy atom. The second-order valence-electron chi connectivity index (χ2n) is 5.80. The molecule has 0 aromatic carbocycles. The van der Waals surface area contributed by atoms with Crippen LogP contribution < -0.4 is 5.32 Å². The minimum Gasteiger partial charge on any atom is -0.396 e. The van der Waals surface area contributed by atoms with Crippen LogP contribution in [0.25, 0.3) is 0 Å². The standard InChI is InChI=1S/C14H27N3O3/c1-11(2)9-16-5-6-17(10-13(16)4-7-18)14(20)8-15-12(3)19/h11,13,18H,4-10H2,1-3H3,(H,15,19)/t13-/m0/s1. The average Bonchev–Trinajstić information content (AvgIpc) is 2.37. The fourth-order valence-electron chi connectivity index (χ4n) is 2.56. The van der Waals surface area contributed by atoms with E-state index >= 15 is 0 Å². The van der Waals surface area contributed by atoms with Gasteiger partial charge in [-0.25, -0.2) is 0 Å². The Labute approximate surface area is 121 Å². The van der Waals surface area contributed by atoms with Gasteiger partial charge in [-0.15, -0.1) is 0 Å². The lowest BCUT2D eigenvalue weighted by Gasteiger charge is -2.42. The van der Waals surface area contributed by atoms with Gasteiger partial charge in [0.05, 0.1) is 6.54 Å². The minimum atomic E-state index is -0.191. The van der Waals surface area contributed by atoms with E-state index in [4.69, 9.17) is 0 Å². The van der Waals surface area contributed by atoms with E-state index in [0.29, 0.717) is 25.4 Å². The van der Waals surface area contributed by atoms with Gasteiger partial charge in [0, 0.05) is 45.8 Å². The van der Waals surface area contributed by atoms with Crippen molar-refractivity contribution in [1.82, 2.24) is 15.1 Å². The zero-order valence-corrected chi connectivity index (χ0v) is 12.8. The third-order valence-electron chi connectivity index (χ3n) is 3.51. The van der Waals surface area contributed by atoms with Crippen LogP contribution in [0, 0.1) is 5.92 Å². The van der Waals surface area contributed by atoms with Crippen molar-refractivity contribution in [1.29, 1.82) is 0 Å². The second-order valence-corrected chi connectivity index (χ2v) is 5.80. The predicted molar refractivity (Wildman–Crippen MR) is 77.2 cm³/mol. The van der Waals surface area contributed by atoms with Crippen LogP contribution >= 0.6 is 0 Å². The van der Waals surface area contributed by atoms with E-state index in [0.717, 1.165) is 13.1 Å². The molecule has 2 amide bonds. The van der Waals surface area contributed by atoms with E-state index in [1.165, 1.54) is 6.92 Å². The van der Waals surface area contributed by atoms with Crippen molar-refractivity contribution in [3.8, 4) is 0 Å². The number of amides is 2. The number of carbonyl (C=O) groups is 2. The van der Waals surface area contributed by atoms with Crippen LogP contribution in [0.5, 0.6) is 0 Å². The van der Waals surface area contributed by atoms with E-state index in [1.807, 2.05) is 0 Å². The molecule has 116 valence electrons. The van der Waals surface area contributed by atoms with Gasteiger partial charge in [-0.05, 0) is 12.3 Å². The Hall–Kier alpha value is -1.14. The Morgan fingerprint density at radius 2 is 2.05 bits per heavy atom. The largest absolute Gasteiger partial charge is 0.396 e. The molecule has 0 aromatic heterocycles. The molecule has 6 heteroatoms. The van der Waals surface area contributed by atoms with Crippen LogP contribution in [0.1, 0.15) is 27.2 Å². The van der Waals surface area contributed by atoms with Gasteiger partial charge in [0.1, 0.15) is 0 Å². The molecule has 1 heterocycles. The second kappa shape index (κ2) is 8.21. The number of nitrogens with zero attached hydrogens (tertiary/aromatic N) is 2. The van der Waals surface area contributed by atoms with Gasteiger partial charge in [0.15, 0.2) is 0 Å². The Balaban J connectivity index is 2.53. The monoisotopic (exact) mass is 285 g/mol. The van der Waals surface area contributed by atoms with Crippen LogP contribution in [0.4, 0.5) is 0 Å². The van der Waals surface area contributed by atoms with Gasteiger partial charge in [0.2, 0.25) is 11.8 Å². The number of hydrogen-bond donors (Lipinski definition) is 2. The maximum atomic E-state index is 12.0. The first-order valence-electron chi connectivity index (χ1n) is 7.31. The molecule has 1 atom stereocenters. The zero-order chi connectivity index (χ0) is 15.1. The summed E-state index contributed by atoms with van der Waals surface area (Å²) in [5, 5.41) is 11.7. The molecule has 1 saturated heterocycles. The molecule has 1 fully saturated rings. The summed E-state index contributed by atoms with van der Waals surface area (Å²) in [6.07, 6.45) is 0.677. The number of aliphatic hydroxyl groups is 1. The summed E-state index contributed by atoms with van der Waals surface area (Å²) < 4.78 is 0. The summed E-state index contributed by atoms with van der Waals surface area (Å²) in [7, 11) is 0. The summed E-state index contributed by atoms with van der Waals surface area (Å²) >= 11 is 0. The predicted octanol–water partition coefficient (Wildman–Crippen LogP) is -0.326. The summed E-state index contributed by atoms with van der Waals surface area (Å²) in [6, 6.07) is 0.206. The molecule has 20 heavy (non-hydrogen) atoms. The van der Waals surface area contributed by atoms with Crippen LogP contribution in [0.15, 0.2) is 0 Å². The van der Waals surface area contributed by atoms with Gasteiger partial charge < -0.3 is 15.3 Å². The first kappa shape index (κ1) is 16.9. The summed E-state index contributed by atoms with van der Waals surface area (Å²) in [5.74, 6) is 0.328. The molecule has 2 N–H and O–H groups in total. The van der Waals surface area contributed by atoms with Crippen molar-refractivity contribution < 1.29 is 14.7 Å². The number of piperazine rings is 1. The number of carbonyl (C=O) groups excluding carboxylic acids is 2. The Morgan fingerprint density at radius 3 is 2.60 bits per heavy atom. The molecule has 1 aliphatic heterocycles. The van der Waals surface area contributed by atoms with Crippen molar-refractivity contribution in [2.24, 2.45) is 5.92 Å². The third kappa shape index (κ3) is 5.46. The first-order valence-corrected chi connectivity index (χ1v) is 7.31. The van der Waals surface area contributed by atoms with Crippen molar-refractivity contribution in [3.05, 3.63) is 0 Å². The highest BCUT2D eigenvalue weighted by molar-refractivity contribution is 5.83. The van der Waals surface area contributed by atoms with E-state index in [1.54, 1.807) is 4.90 Å². The fraction of sp³-hybridized carbons (Fsp3) is 0.857. The molecule has 0 aromatic rings. The number of aliphatic hydroxyl groups excluding tert-OH is 1. The minimum absolute atomic E-state index is 0.0488. The maximum absolute atomic E-state index is 12.0. The van der Waals surface area contributed by atoms with Crippen LogP contribution in [-0.2, 0) is 9.59 Å². The van der Waals surface area contributed by atoms with Crippen LogP contribution in [0.3, 0.4) is 0 Å². The molecule has 0 radical (unpaired) electrons. The first-order chi connectivity index (χ1) is 9.43. The summed E-state index contributed by atoms with van der Waals surface area (Å²) in [5.41, 5.74) is 0. The van der Waals surface area contributed by atoms with Gasteiger partial charge in [0.25, 0.3) is 0 Å². The molecule has 0 saturated carbocycles. The lowest BCUT2D eigenvalue weighted by Crippen LogP contribution is -2.57. The zero-order valence-electron chi connectivity index (χ0n) is 12.8. The summed E-state index contributed by atoms with van der Waals surface area (Å²) in [4.78, 5) is 27.0. The van der Waals surface area contributed by atoms with Crippen molar-refractivity contribution >= 4 is 11.8 Å². The molecule has 1 rings (SSSR count). The van der Waals surface area contributed by atoms with Crippen molar-refractivity contribution in [2.45, 2.75) is 33.2 Å². The quantitative estimate of drug-likeness (QED) is 0.701. The van der Waals surface area contributed by atoms with Crippen LogP contribution in [0.2, 0.25) is 0 Å². The van der Waals surface area contributed by atoms with Crippen molar-refractivity contribution in [3.63, 3.8) is 0 Å². The molecule has 0 spiro atoms. The molecular formula is C14H27N3O3. The molecule has 0 bridgehead atoms. The SMILES string of the molecule is CC(=O)NCC(=O)N1CCN(CC(C)C)[C@@H](CCO)C1.